The Kier molecular flexibility index (Phi) is 6.96. The smallest absolute Gasteiger partial charge is 0.227 e. The zero-order valence-electron chi connectivity index (χ0n) is 13.2. The SMILES string of the molecule is CCc1ccccc1OCCCc1nnc(NC(=O)CCN)s1. The second kappa shape index (κ2) is 9.22. The summed E-state index contributed by atoms with van der Waals surface area (Å²) in [7, 11) is 0. The molecule has 0 saturated heterocycles. The highest BCUT2D eigenvalue weighted by Gasteiger charge is 2.08. The lowest BCUT2D eigenvalue weighted by atomic mass is 10.1. The van der Waals surface area contributed by atoms with E-state index in [4.69, 9.17) is 10.5 Å². The van der Waals surface area contributed by atoms with E-state index in [0.29, 0.717) is 24.7 Å². The van der Waals surface area contributed by atoms with Crippen molar-refractivity contribution < 1.29 is 9.53 Å². The van der Waals surface area contributed by atoms with Gasteiger partial charge in [0.05, 0.1) is 6.61 Å². The van der Waals surface area contributed by atoms with Crippen molar-refractivity contribution in [3.63, 3.8) is 0 Å². The van der Waals surface area contributed by atoms with Crippen LogP contribution in [0.4, 0.5) is 5.13 Å². The van der Waals surface area contributed by atoms with Gasteiger partial charge < -0.3 is 15.8 Å². The van der Waals surface area contributed by atoms with Gasteiger partial charge >= 0.3 is 0 Å². The molecule has 0 aliphatic heterocycles. The van der Waals surface area contributed by atoms with E-state index in [9.17, 15) is 4.79 Å². The summed E-state index contributed by atoms with van der Waals surface area (Å²) in [4.78, 5) is 11.4. The van der Waals surface area contributed by atoms with E-state index in [1.807, 2.05) is 18.2 Å². The summed E-state index contributed by atoms with van der Waals surface area (Å²) >= 11 is 1.39. The third-order valence-electron chi connectivity index (χ3n) is 3.23. The van der Waals surface area contributed by atoms with Gasteiger partial charge in [0.15, 0.2) is 0 Å². The first-order valence-corrected chi connectivity index (χ1v) is 8.57. The van der Waals surface area contributed by atoms with Crippen LogP contribution in [-0.2, 0) is 17.6 Å². The van der Waals surface area contributed by atoms with Gasteiger partial charge in [0.25, 0.3) is 0 Å². The minimum atomic E-state index is -0.130. The molecule has 1 aromatic carbocycles. The van der Waals surface area contributed by atoms with E-state index >= 15 is 0 Å². The number of carbonyl (C=O) groups excluding carboxylic acids is 1. The van der Waals surface area contributed by atoms with Crippen LogP contribution in [-0.4, -0.2) is 29.3 Å². The predicted molar refractivity (Wildman–Crippen MR) is 91.8 cm³/mol. The van der Waals surface area contributed by atoms with Crippen molar-refractivity contribution in [2.45, 2.75) is 32.6 Å². The highest BCUT2D eigenvalue weighted by Crippen LogP contribution is 2.20. The van der Waals surface area contributed by atoms with Gasteiger partial charge in [-0.3, -0.25) is 4.79 Å². The van der Waals surface area contributed by atoms with Crippen molar-refractivity contribution in [1.82, 2.24) is 10.2 Å². The van der Waals surface area contributed by atoms with Crippen LogP contribution in [0.2, 0.25) is 0 Å². The van der Waals surface area contributed by atoms with Gasteiger partial charge in [0, 0.05) is 19.4 Å². The minimum absolute atomic E-state index is 0.130. The Labute approximate surface area is 140 Å². The van der Waals surface area contributed by atoms with E-state index < -0.39 is 0 Å². The molecule has 3 N–H and O–H groups in total. The summed E-state index contributed by atoms with van der Waals surface area (Å²) in [5.74, 6) is 0.816. The molecule has 0 atom stereocenters. The van der Waals surface area contributed by atoms with Crippen LogP contribution in [0.25, 0.3) is 0 Å². The van der Waals surface area contributed by atoms with Gasteiger partial charge in [-0.05, 0) is 24.5 Å². The topological polar surface area (TPSA) is 90.1 Å². The molecule has 0 spiro atoms. The standard InChI is InChI=1S/C16H22N4O2S/c1-2-12-6-3-4-7-13(12)22-11-5-8-15-19-20-16(23-15)18-14(21)9-10-17/h3-4,6-7H,2,5,8-11,17H2,1H3,(H,18,20,21). The number of hydrogen-bond donors (Lipinski definition) is 2. The summed E-state index contributed by atoms with van der Waals surface area (Å²) in [5, 5.41) is 12.1. The van der Waals surface area contributed by atoms with Crippen LogP contribution in [0.1, 0.15) is 30.3 Å². The first-order valence-electron chi connectivity index (χ1n) is 7.76. The highest BCUT2D eigenvalue weighted by molar-refractivity contribution is 7.15. The zero-order chi connectivity index (χ0) is 16.5. The molecule has 0 aliphatic rings. The van der Waals surface area contributed by atoms with Gasteiger partial charge in [-0.15, -0.1) is 10.2 Å². The molecule has 0 unspecified atom stereocenters. The maximum Gasteiger partial charge on any atom is 0.227 e. The average Bonchev–Trinajstić information content (AvgIpc) is 2.99. The van der Waals surface area contributed by atoms with E-state index in [1.54, 1.807) is 0 Å². The number of nitrogens with zero attached hydrogens (tertiary/aromatic N) is 2. The number of benzene rings is 1. The predicted octanol–water partition coefficient (Wildman–Crippen LogP) is 2.40. The van der Waals surface area contributed by atoms with Crippen molar-refractivity contribution in [3.8, 4) is 5.75 Å². The molecule has 1 heterocycles. The Morgan fingerprint density at radius 3 is 2.96 bits per heavy atom. The van der Waals surface area contributed by atoms with E-state index in [0.717, 1.165) is 30.0 Å². The van der Waals surface area contributed by atoms with Crippen LogP contribution >= 0.6 is 11.3 Å². The molecule has 1 amide bonds. The number of rotatable bonds is 9. The van der Waals surface area contributed by atoms with Crippen LogP contribution in [0, 0.1) is 0 Å². The Hall–Kier alpha value is -1.99. The molecule has 2 aromatic rings. The van der Waals surface area contributed by atoms with E-state index in [-0.39, 0.29) is 5.91 Å². The molecule has 0 radical (unpaired) electrons. The number of para-hydroxylation sites is 1. The molecular formula is C16H22N4O2S. The minimum Gasteiger partial charge on any atom is -0.493 e. The Balaban J connectivity index is 1.74. The molecule has 23 heavy (non-hydrogen) atoms. The number of nitrogens with two attached hydrogens (primary N) is 1. The maximum absolute atomic E-state index is 11.4. The fourth-order valence-corrected chi connectivity index (χ4v) is 2.86. The second-order valence-electron chi connectivity index (χ2n) is 5.00. The number of anilines is 1. The van der Waals surface area contributed by atoms with Gasteiger partial charge in [-0.2, -0.15) is 0 Å². The highest BCUT2D eigenvalue weighted by atomic mass is 32.1. The number of hydrogen-bond acceptors (Lipinski definition) is 6. The fourth-order valence-electron chi connectivity index (χ4n) is 2.06. The van der Waals surface area contributed by atoms with Gasteiger partial charge in [-0.1, -0.05) is 36.5 Å². The summed E-state index contributed by atoms with van der Waals surface area (Å²) in [6.45, 7) is 3.07. The monoisotopic (exact) mass is 334 g/mol. The first kappa shape index (κ1) is 17.4. The van der Waals surface area contributed by atoms with Crippen LogP contribution < -0.4 is 15.8 Å². The number of carbonyl (C=O) groups is 1. The van der Waals surface area contributed by atoms with Crippen molar-refractivity contribution in [2.75, 3.05) is 18.5 Å². The lowest BCUT2D eigenvalue weighted by molar-refractivity contribution is -0.116. The molecule has 1 aromatic heterocycles. The Bertz CT molecular complexity index is 630. The summed E-state index contributed by atoms with van der Waals surface area (Å²) in [6.07, 6.45) is 2.88. The van der Waals surface area contributed by atoms with Crippen molar-refractivity contribution in [2.24, 2.45) is 5.73 Å². The third-order valence-corrected chi connectivity index (χ3v) is 4.13. The molecule has 0 bridgehead atoms. The van der Waals surface area contributed by atoms with Gasteiger partial charge in [0.1, 0.15) is 10.8 Å². The van der Waals surface area contributed by atoms with Crippen LogP contribution in [0.5, 0.6) is 5.75 Å². The largest absolute Gasteiger partial charge is 0.493 e. The number of nitrogens with one attached hydrogen (secondary N) is 1. The lowest BCUT2D eigenvalue weighted by Gasteiger charge is -2.09. The quantitative estimate of drug-likeness (QED) is 0.687. The molecule has 124 valence electrons. The van der Waals surface area contributed by atoms with E-state index in [1.165, 1.54) is 16.9 Å². The van der Waals surface area contributed by atoms with Crippen molar-refractivity contribution >= 4 is 22.4 Å². The van der Waals surface area contributed by atoms with E-state index in [2.05, 4.69) is 28.5 Å². The molecule has 6 nitrogen and oxygen atoms in total. The molecule has 0 saturated carbocycles. The fraction of sp³-hybridized carbons (Fsp3) is 0.438. The maximum atomic E-state index is 11.4. The Morgan fingerprint density at radius 1 is 1.35 bits per heavy atom. The summed E-state index contributed by atoms with van der Waals surface area (Å²) < 4.78 is 5.83. The van der Waals surface area contributed by atoms with Crippen molar-refractivity contribution in [1.29, 1.82) is 0 Å². The third kappa shape index (κ3) is 5.61. The summed E-state index contributed by atoms with van der Waals surface area (Å²) in [6, 6.07) is 8.08. The number of aromatic nitrogens is 2. The molecule has 7 heteroatoms. The average molecular weight is 334 g/mol. The zero-order valence-corrected chi connectivity index (χ0v) is 14.1. The van der Waals surface area contributed by atoms with Crippen LogP contribution in [0.15, 0.2) is 24.3 Å². The molecular weight excluding hydrogens is 312 g/mol. The number of ether oxygens (including phenoxy) is 1. The van der Waals surface area contributed by atoms with Gasteiger partial charge in [0.2, 0.25) is 11.0 Å². The molecule has 0 aliphatic carbocycles. The first-order chi connectivity index (χ1) is 11.2. The van der Waals surface area contributed by atoms with Gasteiger partial charge in [-0.25, -0.2) is 0 Å². The number of amides is 1. The van der Waals surface area contributed by atoms with Crippen LogP contribution in [0.3, 0.4) is 0 Å². The number of aryl methyl sites for hydroxylation is 2. The lowest BCUT2D eigenvalue weighted by Crippen LogP contribution is -2.15. The molecule has 0 fully saturated rings. The van der Waals surface area contributed by atoms with Crippen molar-refractivity contribution in [3.05, 3.63) is 34.8 Å². The Morgan fingerprint density at radius 2 is 2.17 bits per heavy atom. The molecule has 2 rings (SSSR count). The summed E-state index contributed by atoms with van der Waals surface area (Å²) in [5.41, 5.74) is 6.55. The second-order valence-corrected chi connectivity index (χ2v) is 6.06. The normalized spacial score (nSPS) is 10.5.